The summed E-state index contributed by atoms with van der Waals surface area (Å²) < 4.78 is 74.9. The molecule has 0 N–H and O–H groups in total. The van der Waals surface area contributed by atoms with Gasteiger partial charge in [-0.2, -0.15) is 0 Å². The van der Waals surface area contributed by atoms with E-state index in [1.807, 2.05) is 15.9 Å². The number of rotatable bonds is 7. The number of hydrogen-bond donors (Lipinski definition) is 0. The van der Waals surface area contributed by atoms with Gasteiger partial charge in [-0.1, -0.05) is 30.3 Å². The molecule has 1 aliphatic rings. The first kappa shape index (κ1) is 27.8. The average molecular weight is 598 g/mol. The molecule has 1 aromatic heterocycles. The lowest BCUT2D eigenvalue weighted by Crippen LogP contribution is -2.33. The first-order valence-electron chi connectivity index (χ1n) is 12.3. The van der Waals surface area contributed by atoms with Gasteiger partial charge in [0.1, 0.15) is 5.82 Å². The normalized spacial score (nSPS) is 14.9. The van der Waals surface area contributed by atoms with Crippen molar-refractivity contribution in [2.45, 2.75) is 21.2 Å². The van der Waals surface area contributed by atoms with E-state index in [1.54, 1.807) is 72.9 Å². The zero-order chi connectivity index (χ0) is 28.7. The van der Waals surface area contributed by atoms with Crippen molar-refractivity contribution in [3.8, 4) is 0 Å². The Morgan fingerprint density at radius 1 is 0.800 bits per heavy atom. The highest BCUT2D eigenvalue weighted by Gasteiger charge is 2.30. The maximum Gasteiger partial charge on any atom is 0.182 e. The summed E-state index contributed by atoms with van der Waals surface area (Å²) >= 11 is 0. The Hall–Kier alpha value is -3.74. The molecule has 0 saturated heterocycles. The number of para-hydroxylation sites is 1. The highest BCUT2D eigenvalue weighted by molar-refractivity contribution is 7.91. The van der Waals surface area contributed by atoms with Crippen LogP contribution >= 0.6 is 0 Å². The van der Waals surface area contributed by atoms with E-state index in [1.165, 1.54) is 12.1 Å². The topological polar surface area (TPSA) is 122 Å². The van der Waals surface area contributed by atoms with E-state index in [0.29, 0.717) is 22.9 Å². The van der Waals surface area contributed by atoms with Crippen molar-refractivity contribution in [3.05, 3.63) is 96.7 Å². The van der Waals surface area contributed by atoms with Crippen LogP contribution in [0.25, 0.3) is 0 Å². The summed E-state index contributed by atoms with van der Waals surface area (Å²) in [5, 5.41) is 0. The molecule has 0 amide bonds. The van der Waals surface area contributed by atoms with E-state index in [-0.39, 0.29) is 33.5 Å². The second-order valence-corrected chi connectivity index (χ2v) is 15.7. The molecule has 1 aliphatic heterocycles. The van der Waals surface area contributed by atoms with E-state index < -0.39 is 29.5 Å². The zero-order valence-corrected chi connectivity index (χ0v) is 24.2. The number of fused-ring (bicyclic) bond motifs is 1. The maximum absolute atomic E-state index is 12.8. The molecule has 0 bridgehead atoms. The van der Waals surface area contributed by atoms with Crippen molar-refractivity contribution in [2.75, 3.05) is 34.6 Å². The molecular formula is C28H27N3O6S3. The number of aromatic nitrogens is 1. The third-order valence-corrected chi connectivity index (χ3v) is 10.6. The van der Waals surface area contributed by atoms with Gasteiger partial charge in [0, 0.05) is 42.2 Å². The molecule has 5 rings (SSSR count). The van der Waals surface area contributed by atoms with Crippen LogP contribution in [0.4, 0.5) is 22.9 Å². The summed E-state index contributed by atoms with van der Waals surface area (Å²) in [4.78, 5) is 8.77. The van der Waals surface area contributed by atoms with Gasteiger partial charge in [-0.15, -0.1) is 0 Å². The Balaban J connectivity index is 1.65. The molecule has 3 aromatic carbocycles. The van der Waals surface area contributed by atoms with E-state index in [0.717, 1.165) is 18.1 Å². The standard InChI is InChI=1S/C28H27N3O6S3/c1-38(32,33)24-11-5-9-22(18-24)31(23-10-6-12-25(19-23)39(2,34)35)20-21-8-7-15-29-28(21)30-16-17-40(36,37)27-14-4-3-13-26(27)30/h3-15,18-19H,16-17,20H2,1-2H3. The van der Waals surface area contributed by atoms with Gasteiger partial charge in [0.05, 0.1) is 32.7 Å². The summed E-state index contributed by atoms with van der Waals surface area (Å²) in [7, 11) is -10.5. The van der Waals surface area contributed by atoms with Gasteiger partial charge in [-0.25, -0.2) is 30.2 Å². The molecule has 0 atom stereocenters. The lowest BCUT2D eigenvalue weighted by molar-refractivity contribution is 0.591. The number of nitrogens with zero attached hydrogens (tertiary/aromatic N) is 3. The number of anilines is 4. The number of hydrogen-bond acceptors (Lipinski definition) is 9. The fourth-order valence-electron chi connectivity index (χ4n) is 4.67. The minimum absolute atomic E-state index is 0.0729. The van der Waals surface area contributed by atoms with Crippen molar-refractivity contribution >= 4 is 52.4 Å². The van der Waals surface area contributed by atoms with Gasteiger partial charge in [-0.05, 0) is 54.6 Å². The minimum atomic E-state index is -3.52. The van der Waals surface area contributed by atoms with Gasteiger partial charge in [0.25, 0.3) is 0 Å². The van der Waals surface area contributed by atoms with Gasteiger partial charge >= 0.3 is 0 Å². The number of sulfone groups is 3. The third kappa shape index (κ3) is 5.60. The van der Waals surface area contributed by atoms with Gasteiger partial charge in [0.15, 0.2) is 29.5 Å². The Morgan fingerprint density at radius 3 is 2.00 bits per heavy atom. The predicted octanol–water partition coefficient (Wildman–Crippen LogP) is 4.15. The van der Waals surface area contributed by atoms with Crippen LogP contribution in [0, 0.1) is 0 Å². The summed E-state index contributed by atoms with van der Waals surface area (Å²) in [6.45, 7) is 0.394. The molecule has 0 aliphatic carbocycles. The van der Waals surface area contributed by atoms with Crippen LogP contribution in [0.2, 0.25) is 0 Å². The van der Waals surface area contributed by atoms with Crippen LogP contribution in [0.15, 0.2) is 106 Å². The summed E-state index contributed by atoms with van der Waals surface area (Å²) in [5.74, 6) is 0.477. The summed E-state index contributed by atoms with van der Waals surface area (Å²) in [5.41, 5.74) is 2.32. The number of benzene rings is 3. The first-order valence-corrected chi connectivity index (χ1v) is 17.7. The average Bonchev–Trinajstić information content (AvgIpc) is 2.91. The van der Waals surface area contributed by atoms with E-state index in [9.17, 15) is 25.3 Å². The summed E-state index contributed by atoms with van der Waals surface area (Å²) in [6, 6.07) is 23.3. The molecule has 2 heterocycles. The molecule has 12 heteroatoms. The van der Waals surface area contributed by atoms with Crippen LogP contribution < -0.4 is 9.80 Å². The molecule has 40 heavy (non-hydrogen) atoms. The van der Waals surface area contributed by atoms with Crippen molar-refractivity contribution in [1.29, 1.82) is 0 Å². The number of pyridine rings is 1. The predicted molar refractivity (Wildman–Crippen MR) is 155 cm³/mol. The van der Waals surface area contributed by atoms with Crippen molar-refractivity contribution in [2.24, 2.45) is 0 Å². The van der Waals surface area contributed by atoms with Crippen LogP contribution in [-0.4, -0.2) is 55.0 Å². The Kier molecular flexibility index (Phi) is 7.19. The van der Waals surface area contributed by atoms with Crippen LogP contribution in [0.5, 0.6) is 0 Å². The van der Waals surface area contributed by atoms with Crippen molar-refractivity contribution in [1.82, 2.24) is 4.98 Å². The molecule has 0 unspecified atom stereocenters. The molecule has 0 fully saturated rings. The van der Waals surface area contributed by atoms with Gasteiger partial charge < -0.3 is 9.80 Å². The molecule has 0 radical (unpaired) electrons. The molecule has 0 spiro atoms. The molecule has 9 nitrogen and oxygen atoms in total. The summed E-state index contributed by atoms with van der Waals surface area (Å²) in [6.07, 6.45) is 3.88. The lowest BCUT2D eigenvalue weighted by atomic mass is 10.1. The second kappa shape index (κ2) is 10.3. The Labute approximate surface area is 234 Å². The zero-order valence-electron chi connectivity index (χ0n) is 21.8. The smallest absolute Gasteiger partial charge is 0.182 e. The molecule has 0 saturated carbocycles. The van der Waals surface area contributed by atoms with Gasteiger partial charge in [0.2, 0.25) is 0 Å². The van der Waals surface area contributed by atoms with Gasteiger partial charge in [-0.3, -0.25) is 0 Å². The minimum Gasteiger partial charge on any atom is -0.337 e. The monoisotopic (exact) mass is 597 g/mol. The second-order valence-electron chi connectivity index (χ2n) is 9.55. The SMILES string of the molecule is CS(=O)(=O)c1cccc(N(Cc2cccnc2N2CCS(=O)(=O)c3ccccc32)c2cccc(S(C)(=O)=O)c2)c1. The third-order valence-electron chi connectivity index (χ3n) is 6.64. The van der Waals surface area contributed by atoms with E-state index in [4.69, 9.17) is 0 Å². The molecular weight excluding hydrogens is 571 g/mol. The van der Waals surface area contributed by atoms with Crippen LogP contribution in [0.3, 0.4) is 0 Å². The molecule has 208 valence electrons. The highest BCUT2D eigenvalue weighted by Crippen LogP contribution is 2.38. The fraction of sp³-hybridized carbons (Fsp3) is 0.179. The Bertz CT molecular complexity index is 1850. The quantitative estimate of drug-likeness (QED) is 0.309. The lowest BCUT2D eigenvalue weighted by Gasteiger charge is -2.33. The molecule has 4 aromatic rings. The van der Waals surface area contributed by atoms with Crippen molar-refractivity contribution < 1.29 is 25.3 Å². The van der Waals surface area contributed by atoms with E-state index in [2.05, 4.69) is 4.98 Å². The van der Waals surface area contributed by atoms with Crippen LogP contribution in [-0.2, 0) is 36.1 Å². The van der Waals surface area contributed by atoms with Crippen molar-refractivity contribution in [3.63, 3.8) is 0 Å². The highest BCUT2D eigenvalue weighted by atomic mass is 32.2. The van der Waals surface area contributed by atoms with Crippen LogP contribution in [0.1, 0.15) is 5.56 Å². The fourth-order valence-corrected chi connectivity index (χ4v) is 7.41. The largest absolute Gasteiger partial charge is 0.337 e. The Morgan fingerprint density at radius 2 is 1.40 bits per heavy atom. The van der Waals surface area contributed by atoms with E-state index >= 15 is 0 Å². The maximum atomic E-state index is 12.8. The first-order chi connectivity index (χ1) is 18.8.